The largest absolute Gasteiger partial charge is 0.489 e. The highest BCUT2D eigenvalue weighted by Gasteiger charge is 2.12. The lowest BCUT2D eigenvalue weighted by molar-refractivity contribution is -0.136. The van der Waals surface area contributed by atoms with Crippen LogP contribution in [0.5, 0.6) is 5.75 Å². The van der Waals surface area contributed by atoms with Crippen molar-refractivity contribution < 1.29 is 19.0 Å². The van der Waals surface area contributed by atoms with Crippen molar-refractivity contribution >= 4 is 16.9 Å². The maximum Gasteiger partial charge on any atom is 0.307 e. The Labute approximate surface area is 172 Å². The molecular weight excluding hydrogens is 383 g/mol. The molecule has 0 amide bonds. The molecule has 0 bridgehead atoms. The van der Waals surface area contributed by atoms with Crippen LogP contribution in [0, 0.1) is 5.82 Å². The van der Waals surface area contributed by atoms with Gasteiger partial charge in [-0.15, -0.1) is 0 Å². The molecular formula is C24H21FN2O3. The lowest BCUT2D eigenvalue weighted by Gasteiger charge is -2.13. The fraction of sp³-hybridized carbons (Fsp3) is 0.125. The third-order valence-electron chi connectivity index (χ3n) is 4.94. The third kappa shape index (κ3) is 4.18. The molecule has 4 N–H and O–H groups in total. The van der Waals surface area contributed by atoms with Crippen molar-refractivity contribution in [1.82, 2.24) is 4.98 Å². The Hall–Kier alpha value is -3.64. The molecule has 0 aliphatic rings. The number of nitrogens with one attached hydrogen (secondary N) is 1. The summed E-state index contributed by atoms with van der Waals surface area (Å²) in [5.74, 6) is -0.715. The first kappa shape index (κ1) is 19.7. The Morgan fingerprint density at radius 3 is 2.70 bits per heavy atom. The van der Waals surface area contributed by atoms with E-state index in [0.717, 1.165) is 33.2 Å². The molecule has 0 atom stereocenters. The minimum atomic E-state index is -0.914. The quantitative estimate of drug-likeness (QED) is 0.419. The molecule has 3 aromatic carbocycles. The van der Waals surface area contributed by atoms with Crippen LogP contribution in [0.4, 0.5) is 4.39 Å². The first-order chi connectivity index (χ1) is 14.5. The van der Waals surface area contributed by atoms with Crippen LogP contribution in [0.3, 0.4) is 0 Å². The second kappa shape index (κ2) is 8.39. The number of nitrogens with two attached hydrogens (primary N) is 1. The summed E-state index contributed by atoms with van der Waals surface area (Å²) in [6.07, 6.45) is 1.73. The van der Waals surface area contributed by atoms with Gasteiger partial charge in [0.25, 0.3) is 0 Å². The Morgan fingerprint density at radius 1 is 1.07 bits per heavy atom. The number of halogens is 1. The maximum absolute atomic E-state index is 14.1. The van der Waals surface area contributed by atoms with Crippen LogP contribution in [0.15, 0.2) is 66.9 Å². The number of aliphatic carboxylic acids is 1. The van der Waals surface area contributed by atoms with Gasteiger partial charge in [-0.05, 0) is 64.7 Å². The van der Waals surface area contributed by atoms with E-state index in [4.69, 9.17) is 15.6 Å². The second-order valence-corrected chi connectivity index (χ2v) is 7.10. The fourth-order valence-corrected chi connectivity index (χ4v) is 3.59. The van der Waals surface area contributed by atoms with E-state index in [9.17, 15) is 9.18 Å². The summed E-state index contributed by atoms with van der Waals surface area (Å²) in [4.78, 5) is 14.3. The van der Waals surface area contributed by atoms with Gasteiger partial charge in [-0.3, -0.25) is 4.79 Å². The summed E-state index contributed by atoms with van der Waals surface area (Å²) in [6.45, 7) is 0.502. The van der Waals surface area contributed by atoms with E-state index in [0.29, 0.717) is 11.3 Å². The highest BCUT2D eigenvalue weighted by molar-refractivity contribution is 5.95. The van der Waals surface area contributed by atoms with E-state index >= 15 is 0 Å². The molecule has 0 aliphatic carbocycles. The van der Waals surface area contributed by atoms with E-state index in [-0.39, 0.29) is 25.4 Å². The van der Waals surface area contributed by atoms with Gasteiger partial charge >= 0.3 is 5.97 Å². The average molecular weight is 404 g/mol. The van der Waals surface area contributed by atoms with Crippen molar-refractivity contribution in [2.24, 2.45) is 5.73 Å². The van der Waals surface area contributed by atoms with Crippen LogP contribution in [-0.4, -0.2) is 16.1 Å². The number of H-pyrrole nitrogens is 1. The van der Waals surface area contributed by atoms with Gasteiger partial charge in [-0.1, -0.05) is 18.2 Å². The van der Waals surface area contributed by atoms with E-state index in [1.165, 1.54) is 12.1 Å². The standard InChI is InChI=1S/C24H21FN2O3/c25-19-8-15(13-26)7-18(11-19)21-9-16(10-22-20(21)5-6-27-22)14-30-23-4-2-1-3-17(23)12-24(28)29/h1-11,27H,12-14,26H2,(H,28,29). The van der Waals surface area contributed by atoms with Crippen LogP contribution in [-0.2, 0) is 24.4 Å². The third-order valence-corrected chi connectivity index (χ3v) is 4.94. The predicted molar refractivity (Wildman–Crippen MR) is 114 cm³/mol. The number of benzene rings is 3. The minimum absolute atomic E-state index is 0.109. The first-order valence-corrected chi connectivity index (χ1v) is 9.56. The van der Waals surface area contributed by atoms with E-state index < -0.39 is 5.97 Å². The molecule has 0 unspecified atom stereocenters. The summed E-state index contributed by atoms with van der Waals surface area (Å²) in [6, 6.07) is 17.8. The minimum Gasteiger partial charge on any atom is -0.489 e. The number of aromatic nitrogens is 1. The lowest BCUT2D eigenvalue weighted by atomic mass is 9.97. The molecule has 152 valence electrons. The molecule has 5 nitrogen and oxygen atoms in total. The van der Waals surface area contributed by atoms with E-state index in [1.54, 1.807) is 24.3 Å². The first-order valence-electron chi connectivity index (χ1n) is 9.56. The van der Waals surface area contributed by atoms with Crippen LogP contribution >= 0.6 is 0 Å². The van der Waals surface area contributed by atoms with Gasteiger partial charge in [0.2, 0.25) is 0 Å². The van der Waals surface area contributed by atoms with Crippen molar-refractivity contribution in [2.45, 2.75) is 19.6 Å². The van der Waals surface area contributed by atoms with Gasteiger partial charge in [0.05, 0.1) is 6.42 Å². The monoisotopic (exact) mass is 404 g/mol. The molecule has 1 heterocycles. The Morgan fingerprint density at radius 2 is 1.90 bits per heavy atom. The molecule has 0 spiro atoms. The molecule has 4 aromatic rings. The number of rotatable bonds is 7. The number of aromatic amines is 1. The van der Waals surface area contributed by atoms with Gasteiger partial charge in [-0.25, -0.2) is 4.39 Å². The maximum atomic E-state index is 14.1. The number of carboxylic acids is 1. The Bertz CT molecular complexity index is 1220. The van der Waals surface area contributed by atoms with Crippen molar-refractivity contribution in [2.75, 3.05) is 0 Å². The number of para-hydroxylation sites is 1. The Kier molecular flexibility index (Phi) is 5.50. The van der Waals surface area contributed by atoms with Crippen molar-refractivity contribution in [3.05, 3.63) is 89.4 Å². The van der Waals surface area contributed by atoms with Crippen molar-refractivity contribution in [3.63, 3.8) is 0 Å². The fourth-order valence-electron chi connectivity index (χ4n) is 3.59. The van der Waals surface area contributed by atoms with Gasteiger partial charge in [0, 0.05) is 29.2 Å². The van der Waals surface area contributed by atoms with Gasteiger partial charge < -0.3 is 20.6 Å². The number of carboxylic acid groups (broad SMARTS) is 1. The van der Waals surface area contributed by atoms with Crippen LogP contribution in [0.25, 0.3) is 22.0 Å². The Balaban J connectivity index is 1.69. The summed E-state index contributed by atoms with van der Waals surface area (Å²) in [5.41, 5.74) is 10.5. The van der Waals surface area contributed by atoms with Gasteiger partial charge in [-0.2, -0.15) is 0 Å². The predicted octanol–water partition coefficient (Wildman–Crippen LogP) is 4.64. The van der Waals surface area contributed by atoms with Crippen molar-refractivity contribution in [1.29, 1.82) is 0 Å². The number of ether oxygens (including phenoxy) is 1. The van der Waals surface area contributed by atoms with Crippen LogP contribution in [0.1, 0.15) is 16.7 Å². The number of hydrogen-bond donors (Lipinski definition) is 3. The SMILES string of the molecule is NCc1cc(F)cc(-c2cc(COc3ccccc3CC(=O)O)cc3[nH]ccc23)c1. The number of carbonyl (C=O) groups is 1. The molecule has 30 heavy (non-hydrogen) atoms. The highest BCUT2D eigenvalue weighted by atomic mass is 19.1. The summed E-state index contributed by atoms with van der Waals surface area (Å²) < 4.78 is 20.0. The average Bonchev–Trinajstić information content (AvgIpc) is 3.20. The lowest BCUT2D eigenvalue weighted by Crippen LogP contribution is -2.04. The molecule has 4 rings (SSSR count). The zero-order chi connectivity index (χ0) is 21.1. The summed E-state index contributed by atoms with van der Waals surface area (Å²) in [5, 5.41) is 10.1. The molecule has 0 saturated carbocycles. The van der Waals surface area contributed by atoms with E-state index in [1.807, 2.05) is 30.5 Å². The van der Waals surface area contributed by atoms with E-state index in [2.05, 4.69) is 4.98 Å². The van der Waals surface area contributed by atoms with Gasteiger partial charge in [0.1, 0.15) is 18.2 Å². The summed E-state index contributed by atoms with van der Waals surface area (Å²) >= 11 is 0. The van der Waals surface area contributed by atoms with Crippen LogP contribution in [0.2, 0.25) is 0 Å². The number of hydrogen-bond acceptors (Lipinski definition) is 3. The molecule has 0 aliphatic heterocycles. The molecule has 6 heteroatoms. The topological polar surface area (TPSA) is 88.3 Å². The normalized spacial score (nSPS) is 11.0. The molecule has 1 aromatic heterocycles. The zero-order valence-corrected chi connectivity index (χ0v) is 16.2. The zero-order valence-electron chi connectivity index (χ0n) is 16.2. The smallest absolute Gasteiger partial charge is 0.307 e. The molecule has 0 saturated heterocycles. The summed E-state index contributed by atoms with van der Waals surface area (Å²) in [7, 11) is 0. The molecule has 0 radical (unpaired) electrons. The molecule has 0 fully saturated rings. The van der Waals surface area contributed by atoms with Crippen molar-refractivity contribution in [3.8, 4) is 16.9 Å². The highest BCUT2D eigenvalue weighted by Crippen LogP contribution is 2.32. The van der Waals surface area contributed by atoms with Gasteiger partial charge in [0.15, 0.2) is 0 Å². The number of fused-ring (bicyclic) bond motifs is 1. The van der Waals surface area contributed by atoms with Crippen LogP contribution < -0.4 is 10.5 Å². The second-order valence-electron chi connectivity index (χ2n) is 7.10.